The van der Waals surface area contributed by atoms with E-state index in [0.29, 0.717) is 17.9 Å². The molecule has 1 fully saturated rings. The highest BCUT2D eigenvalue weighted by molar-refractivity contribution is 5.97. The first-order valence-electron chi connectivity index (χ1n) is 7.08. The van der Waals surface area contributed by atoms with Gasteiger partial charge in [0, 0.05) is 18.8 Å². The fraction of sp³-hybridized carbons (Fsp3) is 0.714. The number of carbonyl (C=O) groups is 1. The van der Waals surface area contributed by atoms with Crippen molar-refractivity contribution in [1.82, 2.24) is 15.1 Å². The highest BCUT2D eigenvalue weighted by atomic mass is 16.2. The molecule has 2 rings (SSSR count). The van der Waals surface area contributed by atoms with Crippen molar-refractivity contribution < 1.29 is 4.79 Å². The lowest BCUT2D eigenvalue weighted by Crippen LogP contribution is -2.47. The van der Waals surface area contributed by atoms with Crippen molar-refractivity contribution in [1.29, 1.82) is 0 Å². The average molecular weight is 264 g/mol. The van der Waals surface area contributed by atoms with Crippen molar-refractivity contribution in [3.63, 3.8) is 0 Å². The summed E-state index contributed by atoms with van der Waals surface area (Å²) in [5, 5.41) is 7.33. The van der Waals surface area contributed by atoms with Crippen molar-refractivity contribution in [3.05, 3.63) is 11.9 Å². The van der Waals surface area contributed by atoms with Crippen molar-refractivity contribution in [2.24, 2.45) is 5.41 Å². The van der Waals surface area contributed by atoms with Crippen LogP contribution in [0.2, 0.25) is 0 Å². The van der Waals surface area contributed by atoms with E-state index in [9.17, 15) is 4.79 Å². The van der Waals surface area contributed by atoms with Gasteiger partial charge in [0.2, 0.25) is 0 Å². The Bertz CT molecular complexity index is 464. The third kappa shape index (κ3) is 2.91. The summed E-state index contributed by atoms with van der Waals surface area (Å²) in [4.78, 5) is 12.3. The molecule has 1 unspecified atom stereocenters. The van der Waals surface area contributed by atoms with E-state index in [1.165, 1.54) is 12.8 Å². The molecule has 19 heavy (non-hydrogen) atoms. The number of hydrogen-bond acceptors (Lipinski definition) is 3. The van der Waals surface area contributed by atoms with Crippen LogP contribution in [-0.4, -0.2) is 21.7 Å². The Kier molecular flexibility index (Phi) is 3.83. The van der Waals surface area contributed by atoms with Crippen LogP contribution in [-0.2, 0) is 6.54 Å². The van der Waals surface area contributed by atoms with Crippen molar-refractivity contribution in [3.8, 4) is 0 Å². The number of nitrogens with zero attached hydrogens (tertiary/aromatic N) is 2. The zero-order chi connectivity index (χ0) is 14.0. The van der Waals surface area contributed by atoms with Gasteiger partial charge < -0.3 is 11.1 Å². The Balaban J connectivity index is 2.09. The number of aryl methyl sites for hydroxylation is 1. The molecule has 0 bridgehead atoms. The minimum absolute atomic E-state index is 0.148. The van der Waals surface area contributed by atoms with E-state index in [1.54, 1.807) is 10.9 Å². The molecule has 1 aromatic rings. The van der Waals surface area contributed by atoms with Crippen LogP contribution in [0.4, 0.5) is 5.69 Å². The molecule has 0 aromatic carbocycles. The standard InChI is InChI=1S/C14H24N4O/c1-4-18-9-10(15)12(17-18)13(19)16-11-7-5-6-8-14(11,2)3/h9,11H,4-8,15H2,1-3H3,(H,16,19). The van der Waals surface area contributed by atoms with Crippen LogP contribution in [0.15, 0.2) is 6.20 Å². The molecule has 3 N–H and O–H groups in total. The normalized spacial score (nSPS) is 22.2. The molecule has 1 aliphatic carbocycles. The molecule has 1 atom stereocenters. The second-order valence-electron chi connectivity index (χ2n) is 6.05. The maximum atomic E-state index is 12.3. The highest BCUT2D eigenvalue weighted by Crippen LogP contribution is 2.35. The fourth-order valence-corrected chi connectivity index (χ4v) is 2.76. The van der Waals surface area contributed by atoms with Gasteiger partial charge in [0.1, 0.15) is 0 Å². The number of rotatable bonds is 3. The number of aromatic nitrogens is 2. The number of nitrogens with two attached hydrogens (primary N) is 1. The molecule has 5 nitrogen and oxygen atoms in total. The molecule has 0 spiro atoms. The lowest BCUT2D eigenvalue weighted by atomic mass is 9.73. The van der Waals surface area contributed by atoms with Crippen LogP contribution in [0.5, 0.6) is 0 Å². The molecule has 1 aliphatic rings. The summed E-state index contributed by atoms with van der Waals surface area (Å²) in [6, 6.07) is 0.208. The third-order valence-electron chi connectivity index (χ3n) is 4.14. The Hall–Kier alpha value is -1.52. The maximum absolute atomic E-state index is 12.3. The van der Waals surface area contributed by atoms with E-state index in [4.69, 9.17) is 5.73 Å². The maximum Gasteiger partial charge on any atom is 0.274 e. The summed E-state index contributed by atoms with van der Waals surface area (Å²) >= 11 is 0. The largest absolute Gasteiger partial charge is 0.396 e. The number of nitrogen functional groups attached to an aromatic ring is 1. The lowest BCUT2D eigenvalue weighted by molar-refractivity contribution is 0.0848. The number of hydrogen-bond donors (Lipinski definition) is 2. The molecule has 1 heterocycles. The Labute approximate surface area is 114 Å². The molecule has 0 radical (unpaired) electrons. The van der Waals surface area contributed by atoms with Crippen molar-refractivity contribution in [2.75, 3.05) is 5.73 Å². The van der Waals surface area contributed by atoms with Crippen LogP contribution in [0.25, 0.3) is 0 Å². The number of nitrogens with one attached hydrogen (secondary N) is 1. The van der Waals surface area contributed by atoms with Crippen LogP contribution < -0.4 is 11.1 Å². The van der Waals surface area contributed by atoms with Gasteiger partial charge in [-0.05, 0) is 25.2 Å². The molecular weight excluding hydrogens is 240 g/mol. The van der Waals surface area contributed by atoms with E-state index >= 15 is 0 Å². The summed E-state index contributed by atoms with van der Waals surface area (Å²) < 4.78 is 1.69. The molecule has 106 valence electrons. The zero-order valence-corrected chi connectivity index (χ0v) is 12.1. The van der Waals surface area contributed by atoms with E-state index in [2.05, 4.69) is 24.3 Å². The summed E-state index contributed by atoms with van der Waals surface area (Å²) in [6.07, 6.45) is 6.31. The molecule has 1 aromatic heterocycles. The lowest BCUT2D eigenvalue weighted by Gasteiger charge is -2.38. The van der Waals surface area contributed by atoms with E-state index in [1.807, 2.05) is 6.92 Å². The molecular formula is C14H24N4O. The Morgan fingerprint density at radius 3 is 2.89 bits per heavy atom. The Morgan fingerprint density at radius 1 is 1.58 bits per heavy atom. The van der Waals surface area contributed by atoms with Gasteiger partial charge in [-0.15, -0.1) is 0 Å². The summed E-state index contributed by atoms with van der Waals surface area (Å²) in [5.41, 5.74) is 6.80. The van der Waals surface area contributed by atoms with Gasteiger partial charge in [-0.3, -0.25) is 9.48 Å². The monoisotopic (exact) mass is 264 g/mol. The topological polar surface area (TPSA) is 72.9 Å². The van der Waals surface area contributed by atoms with Crippen molar-refractivity contribution >= 4 is 11.6 Å². The minimum Gasteiger partial charge on any atom is -0.396 e. The SMILES string of the molecule is CCn1cc(N)c(C(=O)NC2CCCCC2(C)C)n1. The van der Waals surface area contributed by atoms with Gasteiger partial charge >= 0.3 is 0 Å². The van der Waals surface area contributed by atoms with Gasteiger partial charge in [-0.1, -0.05) is 26.7 Å². The van der Waals surface area contributed by atoms with E-state index in [0.717, 1.165) is 12.8 Å². The average Bonchev–Trinajstić information content (AvgIpc) is 2.73. The van der Waals surface area contributed by atoms with Gasteiger partial charge in [0.05, 0.1) is 5.69 Å². The first kappa shape index (κ1) is 13.9. The number of anilines is 1. The fourth-order valence-electron chi connectivity index (χ4n) is 2.76. The van der Waals surface area contributed by atoms with Crippen molar-refractivity contribution in [2.45, 2.75) is 59.0 Å². The molecule has 1 saturated carbocycles. The van der Waals surface area contributed by atoms with Crippen LogP contribution in [0.1, 0.15) is 56.9 Å². The first-order valence-corrected chi connectivity index (χ1v) is 7.08. The van der Waals surface area contributed by atoms with Crippen LogP contribution >= 0.6 is 0 Å². The highest BCUT2D eigenvalue weighted by Gasteiger charge is 2.34. The van der Waals surface area contributed by atoms with Crippen LogP contribution in [0, 0.1) is 5.41 Å². The molecule has 1 amide bonds. The zero-order valence-electron chi connectivity index (χ0n) is 12.1. The summed E-state index contributed by atoms with van der Waals surface area (Å²) in [5.74, 6) is -0.148. The van der Waals surface area contributed by atoms with Gasteiger partial charge in [0.15, 0.2) is 5.69 Å². The van der Waals surface area contributed by atoms with E-state index < -0.39 is 0 Å². The second-order valence-corrected chi connectivity index (χ2v) is 6.05. The van der Waals surface area contributed by atoms with E-state index in [-0.39, 0.29) is 17.4 Å². The molecule has 0 aliphatic heterocycles. The molecule has 0 saturated heterocycles. The summed E-state index contributed by atoms with van der Waals surface area (Å²) in [7, 11) is 0. The minimum atomic E-state index is -0.148. The second kappa shape index (κ2) is 5.23. The predicted octanol–water partition coefficient (Wildman–Crippen LogP) is 2.18. The third-order valence-corrected chi connectivity index (χ3v) is 4.14. The van der Waals surface area contributed by atoms with Gasteiger partial charge in [-0.2, -0.15) is 5.10 Å². The Morgan fingerprint density at radius 2 is 2.32 bits per heavy atom. The number of carbonyl (C=O) groups excluding carboxylic acids is 1. The van der Waals surface area contributed by atoms with Crippen LogP contribution in [0.3, 0.4) is 0 Å². The van der Waals surface area contributed by atoms with Gasteiger partial charge in [-0.25, -0.2) is 0 Å². The smallest absolute Gasteiger partial charge is 0.274 e. The number of amides is 1. The first-order chi connectivity index (χ1) is 8.94. The quantitative estimate of drug-likeness (QED) is 0.879. The molecule has 5 heteroatoms. The summed E-state index contributed by atoms with van der Waals surface area (Å²) in [6.45, 7) is 7.11. The van der Waals surface area contributed by atoms with Gasteiger partial charge in [0.25, 0.3) is 5.91 Å². The predicted molar refractivity (Wildman–Crippen MR) is 75.8 cm³/mol.